The van der Waals surface area contributed by atoms with E-state index in [1.807, 2.05) is 6.92 Å². The van der Waals surface area contributed by atoms with Gasteiger partial charge < -0.3 is 9.47 Å². The maximum Gasteiger partial charge on any atom is 0.281 e. The van der Waals surface area contributed by atoms with E-state index in [1.54, 1.807) is 43.5 Å². The minimum atomic E-state index is -0.703. The van der Waals surface area contributed by atoms with E-state index in [4.69, 9.17) is 9.47 Å². The Morgan fingerprint density at radius 2 is 1.96 bits per heavy atom. The molecule has 0 heterocycles. The van der Waals surface area contributed by atoms with Crippen molar-refractivity contribution in [3.8, 4) is 11.5 Å². The summed E-state index contributed by atoms with van der Waals surface area (Å²) in [5.74, 6) is 0.849. The van der Waals surface area contributed by atoms with Crippen molar-refractivity contribution in [2.45, 2.75) is 25.9 Å². The molecule has 1 amide bonds. The second kappa shape index (κ2) is 9.91. The zero-order valence-electron chi connectivity index (χ0n) is 15.1. The third-order valence-electron chi connectivity index (χ3n) is 3.65. The van der Waals surface area contributed by atoms with Gasteiger partial charge >= 0.3 is 0 Å². The molecule has 27 heavy (non-hydrogen) atoms. The highest BCUT2D eigenvalue weighted by molar-refractivity contribution is 5.85. The molecule has 1 unspecified atom stereocenters. The summed E-state index contributed by atoms with van der Waals surface area (Å²) < 4.78 is 10.8. The van der Waals surface area contributed by atoms with Crippen LogP contribution in [-0.2, 0) is 4.79 Å². The molecular weight excluding hydrogens is 350 g/mol. The Morgan fingerprint density at radius 1 is 1.26 bits per heavy atom. The first kappa shape index (κ1) is 19.9. The summed E-state index contributed by atoms with van der Waals surface area (Å²) in [5, 5.41) is 14.6. The van der Waals surface area contributed by atoms with Gasteiger partial charge in [-0.3, -0.25) is 14.9 Å². The second-order valence-electron chi connectivity index (χ2n) is 5.66. The summed E-state index contributed by atoms with van der Waals surface area (Å²) in [6, 6.07) is 12.9. The summed E-state index contributed by atoms with van der Waals surface area (Å²) in [4.78, 5) is 22.6. The van der Waals surface area contributed by atoms with Crippen molar-refractivity contribution < 1.29 is 19.2 Å². The van der Waals surface area contributed by atoms with Crippen molar-refractivity contribution in [1.82, 2.24) is 5.43 Å². The Kier molecular flexibility index (Phi) is 7.30. The number of hydrazone groups is 1. The minimum Gasteiger partial charge on any atom is -0.497 e. The van der Waals surface area contributed by atoms with E-state index in [0.29, 0.717) is 23.5 Å². The van der Waals surface area contributed by atoms with Crippen LogP contribution in [0, 0.1) is 10.1 Å². The van der Waals surface area contributed by atoms with Crippen LogP contribution < -0.4 is 14.9 Å². The maximum absolute atomic E-state index is 12.3. The Balaban J connectivity index is 1.99. The van der Waals surface area contributed by atoms with E-state index in [9.17, 15) is 14.9 Å². The van der Waals surface area contributed by atoms with Crippen molar-refractivity contribution in [1.29, 1.82) is 0 Å². The Labute approximate surface area is 157 Å². The number of nitrogens with one attached hydrogen (secondary N) is 1. The lowest BCUT2D eigenvalue weighted by Crippen LogP contribution is -2.35. The van der Waals surface area contributed by atoms with E-state index in [2.05, 4.69) is 10.5 Å². The fourth-order valence-corrected chi connectivity index (χ4v) is 2.29. The molecule has 142 valence electrons. The lowest BCUT2D eigenvalue weighted by molar-refractivity contribution is -0.384. The number of rotatable bonds is 9. The monoisotopic (exact) mass is 371 g/mol. The molecule has 8 nitrogen and oxygen atoms in total. The van der Waals surface area contributed by atoms with Crippen LogP contribution in [0.5, 0.6) is 11.5 Å². The lowest BCUT2D eigenvalue weighted by atomic mass is 10.2. The summed E-state index contributed by atoms with van der Waals surface area (Å²) in [7, 11) is 1.57. The molecule has 1 N–H and O–H groups in total. The van der Waals surface area contributed by atoms with Gasteiger partial charge in [-0.05, 0) is 30.7 Å². The first-order chi connectivity index (χ1) is 13.0. The number of hydrogen-bond acceptors (Lipinski definition) is 6. The van der Waals surface area contributed by atoms with Crippen molar-refractivity contribution >= 4 is 17.8 Å². The zero-order valence-corrected chi connectivity index (χ0v) is 15.1. The topological polar surface area (TPSA) is 103 Å². The lowest BCUT2D eigenvalue weighted by Gasteiger charge is -2.17. The number of carbonyl (C=O) groups excluding carboxylic acids is 1. The highest BCUT2D eigenvalue weighted by Crippen LogP contribution is 2.19. The van der Waals surface area contributed by atoms with Crippen LogP contribution in [0.15, 0.2) is 53.6 Å². The summed E-state index contributed by atoms with van der Waals surface area (Å²) in [5.41, 5.74) is 2.88. The smallest absolute Gasteiger partial charge is 0.281 e. The van der Waals surface area contributed by atoms with Crippen LogP contribution in [-0.4, -0.2) is 30.3 Å². The number of carbonyl (C=O) groups is 1. The van der Waals surface area contributed by atoms with Gasteiger partial charge in [0, 0.05) is 17.7 Å². The molecule has 8 heteroatoms. The molecular formula is C19H21N3O5. The van der Waals surface area contributed by atoms with Crippen LogP contribution in [0.1, 0.15) is 25.3 Å². The largest absolute Gasteiger partial charge is 0.497 e. The van der Waals surface area contributed by atoms with Crippen molar-refractivity contribution in [2.24, 2.45) is 5.10 Å². The highest BCUT2D eigenvalue weighted by Gasteiger charge is 2.19. The quantitative estimate of drug-likeness (QED) is 0.414. The third kappa shape index (κ3) is 6.10. The molecule has 0 saturated heterocycles. The fraction of sp³-hybridized carbons (Fsp3) is 0.263. The summed E-state index contributed by atoms with van der Waals surface area (Å²) >= 11 is 0. The number of amides is 1. The molecule has 0 fully saturated rings. The first-order valence-corrected chi connectivity index (χ1v) is 8.41. The number of nitrogens with zero attached hydrogens (tertiary/aromatic N) is 2. The molecule has 0 radical (unpaired) electrons. The van der Waals surface area contributed by atoms with Crippen molar-refractivity contribution in [3.63, 3.8) is 0 Å². The predicted molar refractivity (Wildman–Crippen MR) is 101 cm³/mol. The molecule has 0 saturated carbocycles. The van der Waals surface area contributed by atoms with Crippen LogP contribution in [0.25, 0.3) is 0 Å². The molecule has 0 aliphatic carbocycles. The van der Waals surface area contributed by atoms with E-state index in [0.717, 1.165) is 6.42 Å². The van der Waals surface area contributed by atoms with Gasteiger partial charge in [0.15, 0.2) is 6.10 Å². The fourth-order valence-electron chi connectivity index (χ4n) is 2.29. The standard InChI is InChI=1S/C19H21N3O5/c1-3-5-18(27-17-10-8-16(26-2)9-11-17)19(23)21-20-13-14-6-4-7-15(12-14)22(24)25/h4,6-13,18H,3,5H2,1-2H3,(H,21,23). The average molecular weight is 371 g/mol. The van der Waals surface area contributed by atoms with Crippen molar-refractivity contribution in [2.75, 3.05) is 7.11 Å². The number of methoxy groups -OCH3 is 1. The van der Waals surface area contributed by atoms with Crippen molar-refractivity contribution in [3.05, 3.63) is 64.2 Å². The average Bonchev–Trinajstić information content (AvgIpc) is 2.68. The molecule has 0 bridgehead atoms. The molecule has 2 aromatic carbocycles. The van der Waals surface area contributed by atoms with E-state index in [-0.39, 0.29) is 5.69 Å². The molecule has 1 atom stereocenters. The normalized spacial score (nSPS) is 11.8. The predicted octanol–water partition coefficient (Wildman–Crippen LogP) is 3.30. The van der Waals surface area contributed by atoms with Gasteiger partial charge in [0.2, 0.25) is 0 Å². The van der Waals surface area contributed by atoms with Crippen LogP contribution in [0.4, 0.5) is 5.69 Å². The molecule has 0 aliphatic heterocycles. The SMILES string of the molecule is CCCC(Oc1ccc(OC)cc1)C(=O)NN=Cc1cccc([N+](=O)[O-])c1. The maximum atomic E-state index is 12.3. The third-order valence-corrected chi connectivity index (χ3v) is 3.65. The van der Waals surface area contributed by atoms with E-state index < -0.39 is 16.9 Å². The van der Waals surface area contributed by atoms with Gasteiger partial charge in [-0.15, -0.1) is 0 Å². The molecule has 2 rings (SSSR count). The summed E-state index contributed by atoms with van der Waals surface area (Å²) in [6.45, 7) is 1.95. The number of non-ortho nitro benzene ring substituents is 1. The molecule has 0 aliphatic rings. The molecule has 2 aromatic rings. The van der Waals surface area contributed by atoms with Gasteiger partial charge in [-0.25, -0.2) is 5.43 Å². The molecule has 0 aromatic heterocycles. The van der Waals surface area contributed by atoms with Gasteiger partial charge in [0.05, 0.1) is 18.2 Å². The number of nitro groups is 1. The Bertz CT molecular complexity index is 805. The molecule has 0 spiro atoms. The van der Waals surface area contributed by atoms with Gasteiger partial charge in [0.25, 0.3) is 11.6 Å². The zero-order chi connectivity index (χ0) is 19.6. The van der Waals surface area contributed by atoms with Crippen LogP contribution in [0.3, 0.4) is 0 Å². The summed E-state index contributed by atoms with van der Waals surface area (Å²) in [6.07, 6.45) is 1.92. The number of ether oxygens (including phenoxy) is 2. The number of hydrogen-bond donors (Lipinski definition) is 1. The van der Waals surface area contributed by atoms with Gasteiger partial charge in [-0.1, -0.05) is 25.5 Å². The first-order valence-electron chi connectivity index (χ1n) is 8.41. The highest BCUT2D eigenvalue weighted by atomic mass is 16.6. The van der Waals surface area contributed by atoms with E-state index in [1.165, 1.54) is 18.3 Å². The number of nitro benzene ring substituents is 1. The van der Waals surface area contributed by atoms with Crippen LogP contribution >= 0.6 is 0 Å². The second-order valence-corrected chi connectivity index (χ2v) is 5.66. The van der Waals surface area contributed by atoms with E-state index >= 15 is 0 Å². The van der Waals surface area contributed by atoms with Crippen LogP contribution in [0.2, 0.25) is 0 Å². The Morgan fingerprint density at radius 3 is 2.59 bits per heavy atom. The van der Waals surface area contributed by atoms with Gasteiger partial charge in [-0.2, -0.15) is 5.10 Å². The Hall–Kier alpha value is -3.42. The number of benzene rings is 2. The van der Waals surface area contributed by atoms with Gasteiger partial charge in [0.1, 0.15) is 11.5 Å². The minimum absolute atomic E-state index is 0.0445.